The summed E-state index contributed by atoms with van der Waals surface area (Å²) < 4.78 is 2.13. The van der Waals surface area contributed by atoms with Crippen molar-refractivity contribution in [1.82, 2.24) is 9.58 Å². The third-order valence-corrected chi connectivity index (χ3v) is 4.97. The van der Waals surface area contributed by atoms with Gasteiger partial charge in [0, 0.05) is 37.6 Å². The Labute approximate surface area is 126 Å². The molecular formula is C18H23N3. The predicted molar refractivity (Wildman–Crippen MR) is 86.0 cm³/mol. The fraction of sp³-hybridized carbons (Fsp3) is 0.444. The van der Waals surface area contributed by atoms with Crippen LogP contribution in [0.25, 0.3) is 0 Å². The number of benzene rings is 1. The van der Waals surface area contributed by atoms with Gasteiger partial charge in [-0.3, -0.25) is 9.58 Å². The summed E-state index contributed by atoms with van der Waals surface area (Å²) in [7, 11) is 0. The van der Waals surface area contributed by atoms with Crippen LogP contribution in [-0.4, -0.2) is 28.7 Å². The van der Waals surface area contributed by atoms with E-state index in [9.17, 15) is 0 Å². The smallest absolute Gasteiger partial charge is 0.0454 e. The molecule has 3 nitrogen and oxygen atoms in total. The second-order valence-corrected chi connectivity index (χ2v) is 6.45. The molecule has 4 rings (SSSR count). The highest BCUT2D eigenvalue weighted by molar-refractivity contribution is 5.33. The van der Waals surface area contributed by atoms with Crippen molar-refractivity contribution < 1.29 is 0 Å². The Bertz CT molecular complexity index is 631. The lowest BCUT2D eigenvalue weighted by molar-refractivity contribution is 0.128. The number of hydrogen-bond donors (Lipinski definition) is 1. The molecule has 1 N–H and O–H groups in total. The summed E-state index contributed by atoms with van der Waals surface area (Å²) in [6, 6.07) is 12.3. The third kappa shape index (κ3) is 2.46. The minimum absolute atomic E-state index is 0.559. The Morgan fingerprint density at radius 1 is 1.14 bits per heavy atom. The van der Waals surface area contributed by atoms with Crippen LogP contribution < -0.4 is 5.43 Å². The Hall–Kier alpha value is -1.74. The van der Waals surface area contributed by atoms with E-state index in [4.69, 9.17) is 0 Å². The van der Waals surface area contributed by atoms with Crippen molar-refractivity contribution in [2.75, 3.05) is 18.5 Å². The molecule has 0 bridgehead atoms. The maximum Gasteiger partial charge on any atom is 0.0454 e. The molecule has 3 heterocycles. The summed E-state index contributed by atoms with van der Waals surface area (Å²) >= 11 is 0. The lowest BCUT2D eigenvalue weighted by Gasteiger charge is -2.43. The SMILES string of the molecule is Cc1ccn(NC2CCN3CCc4ccccc4C3C2)c1. The Balaban J connectivity index is 1.53. The lowest BCUT2D eigenvalue weighted by Crippen LogP contribution is -2.46. The third-order valence-electron chi connectivity index (χ3n) is 4.97. The van der Waals surface area contributed by atoms with E-state index < -0.39 is 0 Å². The zero-order valence-corrected chi connectivity index (χ0v) is 12.6. The first-order chi connectivity index (χ1) is 10.3. The second kappa shape index (κ2) is 5.23. The minimum Gasteiger partial charge on any atom is -0.323 e. The highest BCUT2D eigenvalue weighted by Crippen LogP contribution is 2.36. The molecule has 1 saturated heterocycles. The van der Waals surface area contributed by atoms with Crippen LogP contribution in [0.4, 0.5) is 0 Å². The van der Waals surface area contributed by atoms with E-state index in [1.54, 1.807) is 11.1 Å². The van der Waals surface area contributed by atoms with Gasteiger partial charge in [0.1, 0.15) is 0 Å². The number of piperidine rings is 1. The molecule has 1 fully saturated rings. The van der Waals surface area contributed by atoms with Crippen molar-refractivity contribution in [2.24, 2.45) is 0 Å². The second-order valence-electron chi connectivity index (χ2n) is 6.45. The molecule has 2 aromatic rings. The summed E-state index contributed by atoms with van der Waals surface area (Å²) in [5.41, 5.74) is 8.07. The van der Waals surface area contributed by atoms with Crippen molar-refractivity contribution in [3.05, 3.63) is 59.4 Å². The lowest BCUT2D eigenvalue weighted by atomic mass is 9.85. The molecule has 0 radical (unpaired) electrons. The van der Waals surface area contributed by atoms with Gasteiger partial charge < -0.3 is 5.43 Å². The summed E-state index contributed by atoms with van der Waals surface area (Å²) in [5.74, 6) is 0. The van der Waals surface area contributed by atoms with Crippen molar-refractivity contribution >= 4 is 0 Å². The van der Waals surface area contributed by atoms with Gasteiger partial charge in [-0.2, -0.15) is 0 Å². The molecule has 2 aliphatic rings. The maximum atomic E-state index is 3.66. The monoisotopic (exact) mass is 281 g/mol. The molecule has 0 saturated carbocycles. The van der Waals surface area contributed by atoms with E-state index >= 15 is 0 Å². The van der Waals surface area contributed by atoms with Gasteiger partial charge in [0.05, 0.1) is 0 Å². The summed E-state index contributed by atoms with van der Waals surface area (Å²) in [6.07, 6.45) is 7.93. The van der Waals surface area contributed by atoms with Crippen molar-refractivity contribution in [3.63, 3.8) is 0 Å². The molecule has 1 aromatic carbocycles. The molecule has 110 valence electrons. The summed E-state index contributed by atoms with van der Waals surface area (Å²) in [5, 5.41) is 0. The normalized spacial score (nSPS) is 25.2. The van der Waals surface area contributed by atoms with E-state index in [1.807, 2.05) is 0 Å². The van der Waals surface area contributed by atoms with Crippen LogP contribution in [0.5, 0.6) is 0 Å². The van der Waals surface area contributed by atoms with Gasteiger partial charge >= 0.3 is 0 Å². The fourth-order valence-corrected chi connectivity index (χ4v) is 3.87. The fourth-order valence-electron chi connectivity index (χ4n) is 3.87. The van der Waals surface area contributed by atoms with Gasteiger partial charge in [0.2, 0.25) is 0 Å². The predicted octanol–water partition coefficient (Wildman–Crippen LogP) is 3.10. The standard InChI is InChI=1S/C18H23N3/c1-14-6-11-21(13-14)19-16-8-10-20-9-7-15-4-2-3-5-17(15)18(20)12-16/h2-6,11,13,16,18-19H,7-10,12H2,1H3. The molecule has 2 unspecified atom stereocenters. The van der Waals surface area contributed by atoms with Crippen LogP contribution in [0.1, 0.15) is 35.6 Å². The molecule has 21 heavy (non-hydrogen) atoms. The number of rotatable bonds is 2. The molecule has 0 amide bonds. The van der Waals surface area contributed by atoms with Crippen molar-refractivity contribution in [2.45, 2.75) is 38.3 Å². The van der Waals surface area contributed by atoms with E-state index in [1.165, 1.54) is 37.9 Å². The number of aromatic nitrogens is 1. The van der Waals surface area contributed by atoms with Gasteiger partial charge in [0.15, 0.2) is 0 Å². The van der Waals surface area contributed by atoms with Crippen LogP contribution in [0.15, 0.2) is 42.7 Å². The molecule has 0 aliphatic carbocycles. The first kappa shape index (κ1) is 13.0. The van der Waals surface area contributed by atoms with E-state index in [2.05, 4.69) is 64.7 Å². The molecule has 1 aromatic heterocycles. The molecular weight excluding hydrogens is 258 g/mol. The topological polar surface area (TPSA) is 20.2 Å². The average Bonchev–Trinajstić information content (AvgIpc) is 2.92. The first-order valence-corrected chi connectivity index (χ1v) is 8.02. The van der Waals surface area contributed by atoms with Gasteiger partial charge in [-0.05, 0) is 48.9 Å². The molecule has 3 heteroatoms. The molecule has 0 spiro atoms. The quantitative estimate of drug-likeness (QED) is 0.913. The van der Waals surface area contributed by atoms with Gasteiger partial charge in [-0.25, -0.2) is 0 Å². The Kier molecular flexibility index (Phi) is 3.23. The average molecular weight is 281 g/mol. The van der Waals surface area contributed by atoms with Crippen LogP contribution in [-0.2, 0) is 6.42 Å². The van der Waals surface area contributed by atoms with Crippen molar-refractivity contribution in [3.8, 4) is 0 Å². The number of nitrogens with zero attached hydrogens (tertiary/aromatic N) is 2. The van der Waals surface area contributed by atoms with Crippen LogP contribution >= 0.6 is 0 Å². The molecule has 2 atom stereocenters. The van der Waals surface area contributed by atoms with Crippen LogP contribution in [0, 0.1) is 6.92 Å². The number of nitrogens with one attached hydrogen (secondary N) is 1. The first-order valence-electron chi connectivity index (χ1n) is 8.02. The zero-order chi connectivity index (χ0) is 14.2. The summed E-state index contributed by atoms with van der Waals surface area (Å²) in [6.45, 7) is 4.56. The highest BCUT2D eigenvalue weighted by Gasteiger charge is 2.33. The number of fused-ring (bicyclic) bond motifs is 3. The van der Waals surface area contributed by atoms with Crippen LogP contribution in [0.2, 0.25) is 0 Å². The Morgan fingerprint density at radius 3 is 2.90 bits per heavy atom. The number of hydrogen-bond acceptors (Lipinski definition) is 2. The van der Waals surface area contributed by atoms with Crippen LogP contribution in [0.3, 0.4) is 0 Å². The maximum absolute atomic E-state index is 3.66. The van der Waals surface area contributed by atoms with E-state index in [-0.39, 0.29) is 0 Å². The largest absolute Gasteiger partial charge is 0.323 e. The molecule has 2 aliphatic heterocycles. The Morgan fingerprint density at radius 2 is 2.05 bits per heavy atom. The highest BCUT2D eigenvalue weighted by atomic mass is 15.4. The summed E-state index contributed by atoms with van der Waals surface area (Å²) in [4.78, 5) is 2.67. The minimum atomic E-state index is 0.559. The van der Waals surface area contributed by atoms with Gasteiger partial charge in [0.25, 0.3) is 0 Å². The number of aryl methyl sites for hydroxylation is 1. The van der Waals surface area contributed by atoms with E-state index in [0.29, 0.717) is 12.1 Å². The van der Waals surface area contributed by atoms with E-state index in [0.717, 1.165) is 0 Å². The van der Waals surface area contributed by atoms with Gasteiger partial charge in [-0.1, -0.05) is 24.3 Å². The zero-order valence-electron chi connectivity index (χ0n) is 12.6. The van der Waals surface area contributed by atoms with Gasteiger partial charge in [-0.15, -0.1) is 0 Å². The van der Waals surface area contributed by atoms with Crippen molar-refractivity contribution in [1.29, 1.82) is 0 Å².